The van der Waals surface area contributed by atoms with Crippen molar-refractivity contribution < 1.29 is 14.9 Å². The third-order valence-electron chi connectivity index (χ3n) is 4.04. The lowest BCUT2D eigenvalue weighted by Gasteiger charge is -2.02. The second kappa shape index (κ2) is 16.1. The van der Waals surface area contributed by atoms with Crippen LogP contribution in [-0.2, 0) is 17.8 Å². The molecule has 0 aliphatic heterocycles. The molecule has 0 amide bonds. The largest absolute Gasteiger partial charge is 0.394 e. The molecule has 3 aromatic heterocycles. The second-order valence-corrected chi connectivity index (χ2v) is 7.06. The van der Waals surface area contributed by atoms with Crippen LogP contribution in [0.4, 0.5) is 0 Å². The number of rotatable bonds is 7. The lowest BCUT2D eigenvalue weighted by molar-refractivity contribution is 0.0908. The quantitative estimate of drug-likeness (QED) is 0.558. The Morgan fingerprint density at radius 1 is 0.645 bits per heavy atom. The summed E-state index contributed by atoms with van der Waals surface area (Å²) in [4.78, 5) is 12.6. The van der Waals surface area contributed by atoms with Crippen LogP contribution in [0.1, 0.15) is 40.6 Å². The monoisotopic (exact) mass is 425 g/mol. The van der Waals surface area contributed by atoms with Gasteiger partial charge in [-0.3, -0.25) is 15.0 Å². The van der Waals surface area contributed by atoms with E-state index in [4.69, 9.17) is 14.9 Å². The number of aromatic nitrogens is 3. The first-order valence-electron chi connectivity index (χ1n) is 10.5. The van der Waals surface area contributed by atoms with Gasteiger partial charge in [0.1, 0.15) is 0 Å². The van der Waals surface area contributed by atoms with Crippen molar-refractivity contribution in [1.82, 2.24) is 15.0 Å². The van der Waals surface area contributed by atoms with Gasteiger partial charge in [0.2, 0.25) is 0 Å². The van der Waals surface area contributed by atoms with Crippen LogP contribution in [0.3, 0.4) is 0 Å². The van der Waals surface area contributed by atoms with Crippen LogP contribution < -0.4 is 0 Å². The Kier molecular flexibility index (Phi) is 13.7. The van der Waals surface area contributed by atoms with Crippen LogP contribution in [-0.4, -0.2) is 45.0 Å². The molecule has 0 unspecified atom stereocenters. The minimum Gasteiger partial charge on any atom is -0.394 e. The number of hydrogen-bond acceptors (Lipinski definition) is 6. The Labute approximate surface area is 186 Å². The van der Waals surface area contributed by atoms with Crippen molar-refractivity contribution in [3.8, 4) is 0 Å². The summed E-state index contributed by atoms with van der Waals surface area (Å²) >= 11 is 0. The molecular weight excluding hydrogens is 390 g/mol. The van der Waals surface area contributed by atoms with E-state index in [1.54, 1.807) is 6.07 Å². The molecule has 0 fully saturated rings. The zero-order valence-electron chi connectivity index (χ0n) is 19.1. The molecule has 0 saturated heterocycles. The van der Waals surface area contributed by atoms with Crippen molar-refractivity contribution in [2.24, 2.45) is 0 Å². The highest BCUT2D eigenvalue weighted by molar-refractivity contribution is 5.10. The fourth-order valence-corrected chi connectivity index (χ4v) is 2.63. The van der Waals surface area contributed by atoms with E-state index in [2.05, 4.69) is 15.0 Å². The topological polar surface area (TPSA) is 88.4 Å². The highest BCUT2D eigenvalue weighted by Crippen LogP contribution is 2.01. The molecule has 0 atom stereocenters. The highest BCUT2D eigenvalue weighted by atomic mass is 16.5. The molecule has 6 heteroatoms. The Hall–Kier alpha value is -2.67. The van der Waals surface area contributed by atoms with E-state index in [0.29, 0.717) is 13.2 Å². The summed E-state index contributed by atoms with van der Waals surface area (Å²) in [6.45, 7) is 9.13. The van der Waals surface area contributed by atoms with Crippen molar-refractivity contribution in [1.29, 1.82) is 0 Å². The summed E-state index contributed by atoms with van der Waals surface area (Å²) in [5.74, 6) is 0. The normalized spacial score (nSPS) is 9.87. The number of aryl methyl sites for hydroxylation is 5. The van der Waals surface area contributed by atoms with E-state index in [1.165, 1.54) is 0 Å². The van der Waals surface area contributed by atoms with Gasteiger partial charge in [0.05, 0.1) is 25.5 Å². The van der Waals surface area contributed by atoms with Gasteiger partial charge in [-0.2, -0.15) is 0 Å². The number of aliphatic hydroxyl groups is 2. The van der Waals surface area contributed by atoms with E-state index in [0.717, 1.165) is 47.0 Å². The van der Waals surface area contributed by atoms with Gasteiger partial charge in [-0.1, -0.05) is 18.2 Å². The third kappa shape index (κ3) is 13.3. The predicted octanol–water partition coefficient (Wildman–Crippen LogP) is 3.91. The minimum absolute atomic E-state index is 0.0294. The molecule has 2 N–H and O–H groups in total. The molecule has 0 aromatic carbocycles. The van der Waals surface area contributed by atoms with Gasteiger partial charge >= 0.3 is 0 Å². The van der Waals surface area contributed by atoms with Gasteiger partial charge in [-0.15, -0.1) is 0 Å². The number of aliphatic hydroxyl groups excluding tert-OH is 2. The number of pyridine rings is 3. The maximum atomic E-state index is 8.60. The lowest BCUT2D eigenvalue weighted by atomic mass is 10.2. The first-order chi connectivity index (χ1) is 14.9. The van der Waals surface area contributed by atoms with Crippen LogP contribution >= 0.6 is 0 Å². The van der Waals surface area contributed by atoms with E-state index in [1.807, 2.05) is 76.2 Å². The summed E-state index contributed by atoms with van der Waals surface area (Å²) in [6, 6.07) is 17.6. The van der Waals surface area contributed by atoms with Gasteiger partial charge in [0, 0.05) is 35.1 Å². The minimum atomic E-state index is 0.0294. The van der Waals surface area contributed by atoms with Crippen LogP contribution in [0.2, 0.25) is 0 Å². The van der Waals surface area contributed by atoms with Gasteiger partial charge in [0.15, 0.2) is 0 Å². The molecule has 3 rings (SSSR count). The fourth-order valence-electron chi connectivity index (χ4n) is 2.63. The van der Waals surface area contributed by atoms with Crippen molar-refractivity contribution in [3.05, 3.63) is 88.8 Å². The van der Waals surface area contributed by atoms with Crippen molar-refractivity contribution in [2.45, 2.75) is 47.1 Å². The Bertz CT molecular complexity index is 855. The van der Waals surface area contributed by atoms with Crippen LogP contribution in [0.25, 0.3) is 0 Å². The van der Waals surface area contributed by atoms with E-state index >= 15 is 0 Å². The van der Waals surface area contributed by atoms with Gasteiger partial charge in [-0.25, -0.2) is 0 Å². The molecule has 168 valence electrons. The molecule has 3 heterocycles. The molecule has 0 radical (unpaired) electrons. The van der Waals surface area contributed by atoms with Gasteiger partial charge < -0.3 is 14.9 Å². The average Bonchev–Trinajstić information content (AvgIpc) is 2.74. The van der Waals surface area contributed by atoms with Crippen LogP contribution in [0.15, 0.2) is 54.6 Å². The summed E-state index contributed by atoms with van der Waals surface area (Å²) in [5.41, 5.74) is 6.02. The summed E-state index contributed by atoms with van der Waals surface area (Å²) in [5, 5.41) is 17.1. The Morgan fingerprint density at radius 2 is 1.13 bits per heavy atom. The molecule has 0 bridgehead atoms. The zero-order chi connectivity index (χ0) is 22.9. The van der Waals surface area contributed by atoms with E-state index < -0.39 is 0 Å². The zero-order valence-corrected chi connectivity index (χ0v) is 19.1. The van der Waals surface area contributed by atoms with Gasteiger partial charge in [-0.05, 0) is 76.9 Å². The molecule has 6 nitrogen and oxygen atoms in total. The van der Waals surface area contributed by atoms with Crippen molar-refractivity contribution >= 4 is 0 Å². The third-order valence-corrected chi connectivity index (χ3v) is 4.04. The maximum absolute atomic E-state index is 8.60. The van der Waals surface area contributed by atoms with Crippen molar-refractivity contribution in [2.75, 3.05) is 19.8 Å². The average molecular weight is 426 g/mol. The van der Waals surface area contributed by atoms with Crippen LogP contribution in [0, 0.1) is 27.7 Å². The molecule has 0 saturated carbocycles. The highest BCUT2D eigenvalue weighted by Gasteiger charge is 1.95. The SMILES string of the molecule is Cc1cccc(C)n1.Cc1cccc(CCCOCCO)n1.Cc1cccc(CO)n1. The fraction of sp³-hybridized carbons (Fsp3) is 0.400. The first-order valence-corrected chi connectivity index (χ1v) is 10.5. The number of ether oxygens (including phenoxy) is 1. The molecular formula is C25H35N3O3. The number of nitrogens with zero attached hydrogens (tertiary/aromatic N) is 3. The molecule has 31 heavy (non-hydrogen) atoms. The van der Waals surface area contributed by atoms with Crippen molar-refractivity contribution in [3.63, 3.8) is 0 Å². The summed E-state index contributed by atoms with van der Waals surface area (Å²) < 4.78 is 5.16. The first kappa shape index (κ1) is 26.4. The number of hydrogen-bond donors (Lipinski definition) is 2. The lowest BCUT2D eigenvalue weighted by Crippen LogP contribution is -2.02. The molecule has 0 spiro atoms. The second-order valence-electron chi connectivity index (χ2n) is 7.06. The van der Waals surface area contributed by atoms with Gasteiger partial charge in [0.25, 0.3) is 0 Å². The van der Waals surface area contributed by atoms with E-state index in [9.17, 15) is 0 Å². The van der Waals surface area contributed by atoms with E-state index in [-0.39, 0.29) is 13.2 Å². The predicted molar refractivity (Wildman–Crippen MR) is 124 cm³/mol. The summed E-state index contributed by atoms with van der Waals surface area (Å²) in [6.07, 6.45) is 1.89. The Morgan fingerprint density at radius 3 is 1.55 bits per heavy atom. The summed E-state index contributed by atoms with van der Waals surface area (Å²) in [7, 11) is 0. The Balaban J connectivity index is 0.000000245. The smallest absolute Gasteiger partial charge is 0.0853 e. The molecule has 3 aromatic rings. The molecule has 0 aliphatic rings. The molecule has 0 aliphatic carbocycles. The standard InChI is InChI=1S/C11H17NO2.C7H9NO.C7H9N/c1-10-4-2-5-11(12-10)6-3-8-14-9-7-13;1-6-3-2-4-7(5-9)8-6;1-6-4-3-5-7(2)8-6/h2,4-5,13H,3,6-9H2,1H3;2-4,9H,5H2,1H3;3-5H,1-2H3. The maximum Gasteiger partial charge on any atom is 0.0853 e. The van der Waals surface area contributed by atoms with Crippen LogP contribution in [0.5, 0.6) is 0 Å².